The Morgan fingerprint density at radius 1 is 1.32 bits per heavy atom. The molecule has 1 aliphatic heterocycles. The zero-order valence-electron chi connectivity index (χ0n) is 12.5. The monoisotopic (exact) mass is 301 g/mol. The van der Waals surface area contributed by atoms with Gasteiger partial charge in [-0.15, -0.1) is 0 Å². The van der Waals surface area contributed by atoms with Crippen LogP contribution in [0, 0.1) is 17.2 Å². The lowest BCUT2D eigenvalue weighted by atomic mass is 9.69. The van der Waals surface area contributed by atoms with E-state index in [1.807, 2.05) is 0 Å². The van der Waals surface area contributed by atoms with E-state index in [0.29, 0.717) is 11.4 Å². The van der Waals surface area contributed by atoms with Crippen molar-refractivity contribution in [3.05, 3.63) is 30.3 Å². The van der Waals surface area contributed by atoms with E-state index in [1.54, 1.807) is 6.07 Å². The number of aromatic nitrogens is 2. The molecule has 1 N–H and O–H groups in total. The number of anilines is 1. The first-order valence-electron chi connectivity index (χ1n) is 7.98. The molecule has 4 rings (SSSR count). The van der Waals surface area contributed by atoms with Crippen molar-refractivity contribution in [2.45, 2.75) is 25.7 Å². The number of rotatable bonds is 2. The van der Waals surface area contributed by atoms with Crippen LogP contribution in [0.15, 0.2) is 24.5 Å². The molecule has 0 spiro atoms. The molecule has 2 aromatic rings. The third-order valence-electron chi connectivity index (χ3n) is 5.48. The summed E-state index contributed by atoms with van der Waals surface area (Å²) in [6.07, 6.45) is 6.21. The first kappa shape index (κ1) is 13.9. The van der Waals surface area contributed by atoms with Crippen molar-refractivity contribution in [2.24, 2.45) is 11.3 Å². The van der Waals surface area contributed by atoms with Crippen LogP contribution in [0.25, 0.3) is 10.9 Å². The molecule has 0 radical (unpaired) electrons. The molecular weight excluding hydrogens is 281 g/mol. The van der Waals surface area contributed by atoms with Crippen molar-refractivity contribution in [3.63, 3.8) is 0 Å². The molecule has 2 fully saturated rings. The fourth-order valence-electron chi connectivity index (χ4n) is 4.27. The van der Waals surface area contributed by atoms with Gasteiger partial charge in [0.25, 0.3) is 0 Å². The number of benzene rings is 1. The van der Waals surface area contributed by atoms with E-state index in [0.717, 1.165) is 30.7 Å². The molecule has 5 heteroatoms. The average molecular weight is 301 g/mol. The third-order valence-corrected chi connectivity index (χ3v) is 5.48. The van der Waals surface area contributed by atoms with E-state index < -0.39 is 0 Å². The Morgan fingerprint density at radius 3 is 3.05 bits per heavy atom. The van der Waals surface area contributed by atoms with Crippen molar-refractivity contribution >= 4 is 16.7 Å². The van der Waals surface area contributed by atoms with Crippen LogP contribution in [0.1, 0.15) is 25.7 Å². The second kappa shape index (κ2) is 5.16. The van der Waals surface area contributed by atoms with E-state index in [4.69, 9.17) is 0 Å². The molecule has 1 aliphatic carbocycles. The lowest BCUT2D eigenvalue weighted by Gasteiger charge is -2.36. The Balaban J connectivity index is 1.74. The van der Waals surface area contributed by atoms with Crippen LogP contribution in [0.2, 0.25) is 0 Å². The van der Waals surface area contributed by atoms with Gasteiger partial charge in [-0.2, -0.15) is 0 Å². The molecule has 1 saturated heterocycles. The lowest BCUT2D eigenvalue weighted by Crippen LogP contribution is -2.37. The number of hydrogen-bond acceptors (Lipinski definition) is 4. The predicted molar refractivity (Wildman–Crippen MR) is 83.2 cm³/mol. The number of nitrogens with zero attached hydrogens (tertiary/aromatic N) is 3. The van der Waals surface area contributed by atoms with Crippen LogP contribution >= 0.6 is 0 Å². The quantitative estimate of drug-likeness (QED) is 0.926. The summed E-state index contributed by atoms with van der Waals surface area (Å²) in [6.45, 7) is 1.99. The Labute approximate surface area is 129 Å². The highest BCUT2D eigenvalue weighted by molar-refractivity contribution is 5.89. The summed E-state index contributed by atoms with van der Waals surface area (Å²) in [5, 5.41) is 10.8. The zero-order chi connectivity index (χ0) is 15.2. The first-order valence-corrected chi connectivity index (χ1v) is 7.98. The summed E-state index contributed by atoms with van der Waals surface area (Å²) >= 11 is 0. The topological polar surface area (TPSA) is 49.2 Å². The SMILES string of the molecule is OCC12CCCCC1CN(c1ncnc3cc(F)ccc13)C2. The van der Waals surface area contributed by atoms with Crippen LogP contribution in [0.5, 0.6) is 0 Å². The highest BCUT2D eigenvalue weighted by Crippen LogP contribution is 2.47. The smallest absolute Gasteiger partial charge is 0.139 e. The fraction of sp³-hybridized carbons (Fsp3) is 0.529. The molecule has 0 bridgehead atoms. The average Bonchev–Trinajstić information content (AvgIpc) is 2.94. The van der Waals surface area contributed by atoms with Gasteiger partial charge in [0.15, 0.2) is 0 Å². The van der Waals surface area contributed by atoms with Crippen LogP contribution < -0.4 is 4.90 Å². The predicted octanol–water partition coefficient (Wildman–Crippen LogP) is 2.76. The first-order chi connectivity index (χ1) is 10.7. The molecule has 2 unspecified atom stereocenters. The highest BCUT2D eigenvalue weighted by Gasteiger charge is 2.47. The summed E-state index contributed by atoms with van der Waals surface area (Å²) < 4.78 is 13.4. The van der Waals surface area contributed by atoms with E-state index >= 15 is 0 Å². The number of fused-ring (bicyclic) bond motifs is 2. The van der Waals surface area contributed by atoms with Crippen LogP contribution in [-0.2, 0) is 0 Å². The molecule has 2 atom stereocenters. The van der Waals surface area contributed by atoms with Gasteiger partial charge in [0.2, 0.25) is 0 Å². The molecule has 2 heterocycles. The van der Waals surface area contributed by atoms with Gasteiger partial charge < -0.3 is 10.0 Å². The minimum absolute atomic E-state index is 0.00948. The molecule has 2 aliphatic rings. The van der Waals surface area contributed by atoms with Gasteiger partial charge in [0.05, 0.1) is 12.1 Å². The Kier molecular flexibility index (Phi) is 3.26. The van der Waals surface area contributed by atoms with Crippen molar-refractivity contribution in [3.8, 4) is 0 Å². The number of halogens is 1. The molecule has 0 amide bonds. The van der Waals surface area contributed by atoms with Crippen LogP contribution in [0.4, 0.5) is 10.2 Å². The largest absolute Gasteiger partial charge is 0.396 e. The summed E-state index contributed by atoms with van der Waals surface area (Å²) in [5.74, 6) is 1.11. The second-order valence-electron chi connectivity index (χ2n) is 6.70. The zero-order valence-corrected chi connectivity index (χ0v) is 12.5. The molecule has 1 aromatic carbocycles. The van der Waals surface area contributed by atoms with Gasteiger partial charge in [0.1, 0.15) is 18.0 Å². The molecule has 1 saturated carbocycles. The normalized spacial score (nSPS) is 28.1. The van der Waals surface area contributed by atoms with E-state index in [1.165, 1.54) is 37.7 Å². The van der Waals surface area contributed by atoms with Crippen molar-refractivity contribution in [2.75, 3.05) is 24.6 Å². The Hall–Kier alpha value is -1.75. The maximum Gasteiger partial charge on any atom is 0.139 e. The van der Waals surface area contributed by atoms with E-state index in [-0.39, 0.29) is 17.8 Å². The summed E-state index contributed by atoms with van der Waals surface area (Å²) in [5.41, 5.74) is 0.646. The highest BCUT2D eigenvalue weighted by atomic mass is 19.1. The Morgan fingerprint density at radius 2 is 2.23 bits per heavy atom. The van der Waals surface area contributed by atoms with E-state index in [9.17, 15) is 9.50 Å². The van der Waals surface area contributed by atoms with Gasteiger partial charge in [-0.3, -0.25) is 0 Å². The van der Waals surface area contributed by atoms with Crippen molar-refractivity contribution in [1.29, 1.82) is 0 Å². The van der Waals surface area contributed by atoms with Gasteiger partial charge in [-0.1, -0.05) is 12.8 Å². The van der Waals surface area contributed by atoms with E-state index in [2.05, 4.69) is 14.9 Å². The maximum atomic E-state index is 13.4. The molecule has 22 heavy (non-hydrogen) atoms. The van der Waals surface area contributed by atoms with Crippen molar-refractivity contribution in [1.82, 2.24) is 9.97 Å². The number of aliphatic hydroxyl groups excluding tert-OH is 1. The molecular formula is C17H20FN3O. The van der Waals surface area contributed by atoms with Crippen molar-refractivity contribution < 1.29 is 9.50 Å². The summed E-state index contributed by atoms with van der Waals surface area (Å²) in [4.78, 5) is 10.9. The van der Waals surface area contributed by atoms with Crippen LogP contribution in [-0.4, -0.2) is 34.8 Å². The number of aliphatic hydroxyl groups is 1. The maximum absolute atomic E-state index is 13.4. The van der Waals surface area contributed by atoms with Gasteiger partial charge in [0, 0.05) is 30.0 Å². The summed E-state index contributed by atoms with van der Waals surface area (Å²) in [7, 11) is 0. The molecule has 1 aromatic heterocycles. The standard InChI is InChI=1S/C17H20FN3O/c18-13-4-5-14-15(7-13)19-11-20-16(14)21-8-12-3-1-2-6-17(12,9-21)10-22/h4-5,7,11-12,22H,1-3,6,8-10H2. The second-order valence-corrected chi connectivity index (χ2v) is 6.70. The molecule has 116 valence electrons. The Bertz CT molecular complexity index is 707. The van der Waals surface area contributed by atoms with Crippen LogP contribution in [0.3, 0.4) is 0 Å². The fourth-order valence-corrected chi connectivity index (χ4v) is 4.27. The number of hydrogen-bond donors (Lipinski definition) is 1. The van der Waals surface area contributed by atoms with Gasteiger partial charge >= 0.3 is 0 Å². The van der Waals surface area contributed by atoms with Gasteiger partial charge in [-0.05, 0) is 30.9 Å². The lowest BCUT2D eigenvalue weighted by molar-refractivity contribution is 0.0627. The minimum atomic E-state index is -0.279. The minimum Gasteiger partial charge on any atom is -0.396 e. The van der Waals surface area contributed by atoms with Gasteiger partial charge in [-0.25, -0.2) is 14.4 Å². The molecule has 4 nitrogen and oxygen atoms in total. The summed E-state index contributed by atoms with van der Waals surface area (Å²) in [6, 6.07) is 4.67. The third kappa shape index (κ3) is 2.07.